The molecule has 0 spiro atoms. The smallest absolute Gasteiger partial charge is 0.189 e. The third-order valence-corrected chi connectivity index (χ3v) is 5.25. The van der Waals surface area contributed by atoms with Crippen molar-refractivity contribution in [2.75, 3.05) is 7.05 Å². The highest BCUT2D eigenvalue weighted by Crippen LogP contribution is 2.24. The molecule has 1 heterocycles. The molecule has 1 aromatic carbocycles. The van der Waals surface area contributed by atoms with Gasteiger partial charge in [-0.15, -0.1) is 11.3 Å². The van der Waals surface area contributed by atoms with E-state index >= 15 is 0 Å². The van der Waals surface area contributed by atoms with E-state index in [9.17, 15) is 4.79 Å². The van der Waals surface area contributed by atoms with E-state index in [2.05, 4.69) is 22.0 Å². The third kappa shape index (κ3) is 3.70. The molecular weight excluding hydrogens is 358 g/mol. The first-order chi connectivity index (χ1) is 9.49. The Morgan fingerprint density at radius 2 is 2.05 bits per heavy atom. The number of halogens is 2. The largest absolute Gasteiger partial charge is 0.292 e. The van der Waals surface area contributed by atoms with Gasteiger partial charge < -0.3 is 0 Å². The molecule has 0 bridgehead atoms. The normalized spacial score (nSPS) is 12.7. The van der Waals surface area contributed by atoms with Crippen LogP contribution in [-0.2, 0) is 6.54 Å². The maximum atomic E-state index is 12.4. The molecule has 20 heavy (non-hydrogen) atoms. The van der Waals surface area contributed by atoms with Gasteiger partial charge >= 0.3 is 0 Å². The van der Waals surface area contributed by atoms with Gasteiger partial charge in [-0.1, -0.05) is 45.7 Å². The first-order valence-electron chi connectivity index (χ1n) is 6.22. The Bertz CT molecular complexity index is 613. The minimum absolute atomic E-state index is 0.108. The fourth-order valence-corrected chi connectivity index (χ4v) is 3.36. The van der Waals surface area contributed by atoms with Gasteiger partial charge in [0.05, 0.1) is 15.3 Å². The number of likely N-dealkylation sites (N-methyl/N-ethyl adjacent to an activating group) is 1. The van der Waals surface area contributed by atoms with E-state index in [0.717, 1.165) is 4.47 Å². The van der Waals surface area contributed by atoms with E-state index in [0.29, 0.717) is 15.8 Å². The van der Waals surface area contributed by atoms with E-state index in [-0.39, 0.29) is 11.8 Å². The summed E-state index contributed by atoms with van der Waals surface area (Å²) in [5.74, 6) is 0.108. The monoisotopic (exact) mass is 371 g/mol. The molecular formula is C15H15BrClNOS. The van der Waals surface area contributed by atoms with Crippen LogP contribution in [0.1, 0.15) is 22.2 Å². The van der Waals surface area contributed by atoms with Crippen molar-refractivity contribution in [3.8, 4) is 0 Å². The zero-order chi connectivity index (χ0) is 14.7. The van der Waals surface area contributed by atoms with E-state index in [1.165, 1.54) is 16.9 Å². The molecule has 0 aliphatic heterocycles. The Morgan fingerprint density at radius 1 is 1.35 bits per heavy atom. The molecule has 0 saturated heterocycles. The number of nitrogens with zero attached hydrogens (tertiary/aromatic N) is 1. The van der Waals surface area contributed by atoms with Gasteiger partial charge in [0.15, 0.2) is 5.78 Å². The first-order valence-corrected chi connectivity index (χ1v) is 8.21. The number of thiophene rings is 1. The molecule has 0 fully saturated rings. The Labute approximate surface area is 136 Å². The van der Waals surface area contributed by atoms with E-state index < -0.39 is 0 Å². The number of carbonyl (C=O) groups is 1. The van der Waals surface area contributed by atoms with Crippen molar-refractivity contribution in [2.45, 2.75) is 19.5 Å². The van der Waals surface area contributed by atoms with Crippen LogP contribution in [0, 0.1) is 0 Å². The number of rotatable bonds is 5. The Balaban J connectivity index is 2.07. The molecule has 1 aromatic heterocycles. The summed E-state index contributed by atoms with van der Waals surface area (Å²) in [6.07, 6.45) is 0. The van der Waals surface area contributed by atoms with Gasteiger partial charge in [-0.25, -0.2) is 0 Å². The summed E-state index contributed by atoms with van der Waals surface area (Å²) in [6, 6.07) is 11.4. The molecule has 2 nitrogen and oxygen atoms in total. The summed E-state index contributed by atoms with van der Waals surface area (Å²) in [7, 11) is 1.96. The number of Topliss-reactive ketones (excluding diaryl/α,β-unsaturated/α-hetero) is 1. The van der Waals surface area contributed by atoms with Crippen molar-refractivity contribution in [3.05, 3.63) is 55.6 Å². The molecule has 106 valence electrons. The minimum atomic E-state index is -0.183. The third-order valence-electron chi connectivity index (χ3n) is 3.23. The van der Waals surface area contributed by atoms with Crippen LogP contribution >= 0.6 is 38.9 Å². The SMILES string of the molecule is CC(C(=O)c1ccc(Cl)s1)N(C)Cc1ccccc1Br. The quantitative estimate of drug-likeness (QED) is 0.698. The highest BCUT2D eigenvalue weighted by Gasteiger charge is 2.21. The van der Waals surface area contributed by atoms with Crippen molar-refractivity contribution in [2.24, 2.45) is 0 Å². The predicted octanol–water partition coefficient (Wildman–Crippen LogP) is 4.87. The van der Waals surface area contributed by atoms with Gasteiger partial charge in [0.1, 0.15) is 0 Å². The molecule has 0 saturated carbocycles. The molecule has 0 radical (unpaired) electrons. The van der Waals surface area contributed by atoms with Crippen LogP contribution in [0.4, 0.5) is 0 Å². The van der Waals surface area contributed by atoms with Crippen LogP contribution in [-0.4, -0.2) is 23.8 Å². The number of benzene rings is 1. The van der Waals surface area contributed by atoms with E-state index in [1.54, 1.807) is 12.1 Å². The molecule has 0 amide bonds. The van der Waals surface area contributed by atoms with Crippen molar-refractivity contribution >= 4 is 44.7 Å². The summed E-state index contributed by atoms with van der Waals surface area (Å²) in [6.45, 7) is 2.64. The van der Waals surface area contributed by atoms with Crippen molar-refractivity contribution in [3.63, 3.8) is 0 Å². The lowest BCUT2D eigenvalue weighted by molar-refractivity contribution is 0.0866. The van der Waals surface area contributed by atoms with Crippen LogP contribution < -0.4 is 0 Å². The Kier molecular flexibility index (Phi) is 5.38. The summed E-state index contributed by atoms with van der Waals surface area (Å²) in [5.41, 5.74) is 1.17. The fraction of sp³-hybridized carbons (Fsp3) is 0.267. The molecule has 0 aliphatic rings. The van der Waals surface area contributed by atoms with Gasteiger partial charge in [-0.2, -0.15) is 0 Å². The highest BCUT2D eigenvalue weighted by molar-refractivity contribution is 9.10. The maximum Gasteiger partial charge on any atom is 0.189 e. The number of hydrogen-bond donors (Lipinski definition) is 0. The lowest BCUT2D eigenvalue weighted by atomic mass is 10.1. The predicted molar refractivity (Wildman–Crippen MR) is 88.7 cm³/mol. The van der Waals surface area contributed by atoms with Crippen LogP contribution in [0.3, 0.4) is 0 Å². The number of carbonyl (C=O) groups excluding carboxylic acids is 1. The Hall–Kier alpha value is -0.680. The molecule has 5 heteroatoms. The molecule has 2 rings (SSSR count). The van der Waals surface area contributed by atoms with Gasteiger partial charge in [0.2, 0.25) is 0 Å². The number of ketones is 1. The second kappa shape index (κ2) is 6.85. The van der Waals surface area contributed by atoms with Crippen LogP contribution in [0.25, 0.3) is 0 Å². The topological polar surface area (TPSA) is 20.3 Å². The van der Waals surface area contributed by atoms with Crippen molar-refractivity contribution < 1.29 is 4.79 Å². The second-order valence-corrected chi connectivity index (χ2v) is 7.22. The molecule has 1 atom stereocenters. The summed E-state index contributed by atoms with van der Waals surface area (Å²) in [5, 5.41) is 0. The summed E-state index contributed by atoms with van der Waals surface area (Å²) >= 11 is 10.7. The van der Waals surface area contributed by atoms with Crippen LogP contribution in [0.5, 0.6) is 0 Å². The average Bonchev–Trinajstić information content (AvgIpc) is 2.86. The van der Waals surface area contributed by atoms with Gasteiger partial charge in [0, 0.05) is 11.0 Å². The van der Waals surface area contributed by atoms with Gasteiger partial charge in [0.25, 0.3) is 0 Å². The lowest BCUT2D eigenvalue weighted by Gasteiger charge is -2.23. The molecule has 2 aromatic rings. The highest BCUT2D eigenvalue weighted by atomic mass is 79.9. The maximum absolute atomic E-state index is 12.4. The fourth-order valence-electron chi connectivity index (χ4n) is 1.89. The standard InChI is InChI=1S/C15H15BrClNOS/c1-10(15(19)13-7-8-14(17)20-13)18(2)9-11-5-3-4-6-12(11)16/h3-8,10H,9H2,1-2H3. The van der Waals surface area contributed by atoms with Crippen molar-refractivity contribution in [1.82, 2.24) is 4.90 Å². The summed E-state index contributed by atoms with van der Waals surface area (Å²) < 4.78 is 1.71. The van der Waals surface area contributed by atoms with Gasteiger partial charge in [-0.05, 0) is 37.7 Å². The first kappa shape index (κ1) is 15.7. The molecule has 0 N–H and O–H groups in total. The van der Waals surface area contributed by atoms with Crippen molar-refractivity contribution in [1.29, 1.82) is 0 Å². The van der Waals surface area contributed by atoms with Crippen LogP contribution in [0.2, 0.25) is 4.34 Å². The molecule has 1 unspecified atom stereocenters. The minimum Gasteiger partial charge on any atom is -0.292 e. The lowest BCUT2D eigenvalue weighted by Crippen LogP contribution is -2.35. The van der Waals surface area contributed by atoms with E-state index in [4.69, 9.17) is 11.6 Å². The summed E-state index contributed by atoms with van der Waals surface area (Å²) in [4.78, 5) is 15.1. The molecule has 0 aliphatic carbocycles. The second-order valence-electron chi connectivity index (χ2n) is 4.65. The number of hydrogen-bond acceptors (Lipinski definition) is 3. The zero-order valence-electron chi connectivity index (χ0n) is 11.3. The van der Waals surface area contributed by atoms with Gasteiger partial charge in [-0.3, -0.25) is 9.69 Å². The van der Waals surface area contributed by atoms with Crippen LogP contribution in [0.15, 0.2) is 40.9 Å². The van der Waals surface area contributed by atoms with E-state index in [1.807, 2.05) is 37.1 Å². The average molecular weight is 373 g/mol. The zero-order valence-corrected chi connectivity index (χ0v) is 14.4. The Morgan fingerprint density at radius 3 is 2.65 bits per heavy atom.